The van der Waals surface area contributed by atoms with Crippen molar-refractivity contribution >= 4 is 57.3 Å². The number of hydrogen-bond acceptors (Lipinski definition) is 5. The zero-order valence-corrected chi connectivity index (χ0v) is 15.7. The largest absolute Gasteiger partial charge is 0.456 e. The predicted octanol–water partition coefficient (Wildman–Crippen LogP) is 4.70. The summed E-state index contributed by atoms with van der Waals surface area (Å²) in [4.78, 5) is 14.1. The number of ether oxygens (including phenoxy) is 1. The van der Waals surface area contributed by atoms with Crippen molar-refractivity contribution < 1.29 is 9.53 Å². The van der Waals surface area contributed by atoms with E-state index in [4.69, 9.17) is 17.0 Å². The number of fused-ring (bicyclic) bond motifs is 1. The Kier molecular flexibility index (Phi) is 4.41. The molecule has 0 unspecified atom stereocenters. The van der Waals surface area contributed by atoms with Gasteiger partial charge in [0.05, 0.1) is 4.91 Å². The molecule has 6 heteroatoms. The molecule has 25 heavy (non-hydrogen) atoms. The Bertz CT molecular complexity index is 945. The second-order valence-corrected chi connectivity index (χ2v) is 7.99. The highest BCUT2D eigenvalue weighted by atomic mass is 32.2. The Hall–Kier alpha value is -2.02. The van der Waals surface area contributed by atoms with Gasteiger partial charge in [-0.3, -0.25) is 4.79 Å². The first-order valence-electron chi connectivity index (χ1n) is 7.56. The molecule has 3 nitrogen and oxygen atoms in total. The van der Waals surface area contributed by atoms with Crippen LogP contribution in [-0.4, -0.2) is 16.5 Å². The average Bonchev–Trinajstić information content (AvgIpc) is 2.99. The smallest absolute Gasteiger partial charge is 0.264 e. The molecule has 2 aromatic rings. The second kappa shape index (κ2) is 6.71. The number of nitrogens with one attached hydrogen (secondary N) is 1. The summed E-state index contributed by atoms with van der Waals surface area (Å²) in [5, 5.41) is 2.69. The van der Waals surface area contributed by atoms with Crippen LogP contribution in [0.5, 0.6) is 5.75 Å². The SMILES string of the molecule is CSc1ccc(C2=C/C(=C3/SC(=S)NC3=O)c3ccccc3O2)cc1. The molecule has 0 spiro atoms. The summed E-state index contributed by atoms with van der Waals surface area (Å²) in [6.45, 7) is 0. The zero-order chi connectivity index (χ0) is 17.4. The molecule has 1 N–H and O–H groups in total. The van der Waals surface area contributed by atoms with Crippen LogP contribution in [0, 0.1) is 0 Å². The third kappa shape index (κ3) is 3.13. The van der Waals surface area contributed by atoms with Gasteiger partial charge in [0.25, 0.3) is 5.91 Å². The highest BCUT2D eigenvalue weighted by Crippen LogP contribution is 2.42. The van der Waals surface area contributed by atoms with Gasteiger partial charge in [0, 0.05) is 21.6 Å². The van der Waals surface area contributed by atoms with Gasteiger partial charge < -0.3 is 10.1 Å². The van der Waals surface area contributed by atoms with Crippen LogP contribution < -0.4 is 10.1 Å². The lowest BCUT2D eigenvalue weighted by Gasteiger charge is -2.21. The van der Waals surface area contributed by atoms with Gasteiger partial charge in [-0.05, 0) is 30.5 Å². The Balaban J connectivity index is 1.86. The maximum atomic E-state index is 12.3. The topological polar surface area (TPSA) is 38.3 Å². The number of thiocarbonyl (C=S) groups is 1. The Labute approximate surface area is 159 Å². The molecule has 0 saturated carbocycles. The van der Waals surface area contributed by atoms with E-state index in [1.807, 2.05) is 48.7 Å². The van der Waals surface area contributed by atoms with Crippen LogP contribution in [0.2, 0.25) is 0 Å². The van der Waals surface area contributed by atoms with Crippen molar-refractivity contribution in [2.45, 2.75) is 4.90 Å². The highest BCUT2D eigenvalue weighted by molar-refractivity contribution is 8.26. The summed E-state index contributed by atoms with van der Waals surface area (Å²) in [5.74, 6) is 1.30. The van der Waals surface area contributed by atoms with Crippen LogP contribution in [0.3, 0.4) is 0 Å². The van der Waals surface area contributed by atoms with E-state index in [-0.39, 0.29) is 5.91 Å². The standard InChI is InChI=1S/C19H13NO2S3/c1-24-12-8-6-11(7-9-12)16-10-14(17-18(21)20-19(23)25-17)13-4-2-3-5-15(13)22-16/h2-10H,1H3,(H,20,21,23)/b17-14-. The fraction of sp³-hybridized carbons (Fsp3) is 0.0526. The predicted molar refractivity (Wildman–Crippen MR) is 109 cm³/mol. The average molecular weight is 384 g/mol. The molecule has 1 amide bonds. The van der Waals surface area contributed by atoms with E-state index in [9.17, 15) is 4.79 Å². The lowest BCUT2D eigenvalue weighted by atomic mass is 9.99. The van der Waals surface area contributed by atoms with Crippen LogP contribution in [0.15, 0.2) is 64.4 Å². The fourth-order valence-corrected chi connectivity index (χ4v) is 4.21. The molecule has 2 heterocycles. The van der Waals surface area contributed by atoms with Crippen molar-refractivity contribution in [1.29, 1.82) is 0 Å². The van der Waals surface area contributed by atoms with E-state index in [1.54, 1.807) is 11.8 Å². The molecule has 124 valence electrons. The number of amides is 1. The number of para-hydroxylation sites is 1. The molecule has 0 aromatic heterocycles. The van der Waals surface area contributed by atoms with E-state index in [0.717, 1.165) is 28.2 Å². The van der Waals surface area contributed by atoms with E-state index >= 15 is 0 Å². The fourth-order valence-electron chi connectivity index (χ4n) is 2.71. The molecule has 0 radical (unpaired) electrons. The minimum atomic E-state index is -0.157. The summed E-state index contributed by atoms with van der Waals surface area (Å²) in [6.07, 6.45) is 3.97. The van der Waals surface area contributed by atoms with Gasteiger partial charge in [-0.1, -0.05) is 54.3 Å². The quantitative estimate of drug-likeness (QED) is 0.462. The Morgan fingerprint density at radius 3 is 2.56 bits per heavy atom. The van der Waals surface area contributed by atoms with Crippen molar-refractivity contribution in [2.75, 3.05) is 6.26 Å². The number of hydrogen-bond donors (Lipinski definition) is 1. The molecule has 1 saturated heterocycles. The van der Waals surface area contributed by atoms with Gasteiger partial charge in [0.15, 0.2) is 0 Å². The van der Waals surface area contributed by atoms with Gasteiger partial charge >= 0.3 is 0 Å². The van der Waals surface area contributed by atoms with E-state index in [0.29, 0.717) is 9.23 Å². The van der Waals surface area contributed by atoms with Crippen LogP contribution in [0.25, 0.3) is 11.3 Å². The molecule has 2 aromatic carbocycles. The van der Waals surface area contributed by atoms with Crippen LogP contribution in [0.1, 0.15) is 11.1 Å². The third-order valence-electron chi connectivity index (χ3n) is 3.91. The number of rotatable bonds is 2. The third-order valence-corrected chi connectivity index (χ3v) is 5.90. The van der Waals surface area contributed by atoms with Gasteiger partial charge in [0.2, 0.25) is 0 Å². The van der Waals surface area contributed by atoms with E-state index in [1.165, 1.54) is 16.7 Å². The van der Waals surface area contributed by atoms with Gasteiger partial charge in [0.1, 0.15) is 15.8 Å². The first kappa shape index (κ1) is 16.4. The minimum absolute atomic E-state index is 0.157. The number of carbonyl (C=O) groups is 1. The zero-order valence-electron chi connectivity index (χ0n) is 13.2. The maximum absolute atomic E-state index is 12.3. The van der Waals surface area contributed by atoms with E-state index in [2.05, 4.69) is 17.4 Å². The number of carbonyl (C=O) groups excluding carboxylic acids is 1. The first-order chi connectivity index (χ1) is 12.2. The van der Waals surface area contributed by atoms with E-state index < -0.39 is 0 Å². The molecule has 2 aliphatic heterocycles. The normalized spacial score (nSPS) is 19.2. The number of thioether (sulfide) groups is 2. The molecule has 1 fully saturated rings. The lowest BCUT2D eigenvalue weighted by Crippen LogP contribution is -2.18. The Morgan fingerprint density at radius 1 is 1.12 bits per heavy atom. The summed E-state index contributed by atoms with van der Waals surface area (Å²) in [5.41, 5.74) is 2.71. The summed E-state index contributed by atoms with van der Waals surface area (Å²) < 4.78 is 6.57. The Morgan fingerprint density at radius 2 is 1.88 bits per heavy atom. The van der Waals surface area contributed by atoms with Crippen molar-refractivity contribution in [2.24, 2.45) is 0 Å². The lowest BCUT2D eigenvalue weighted by molar-refractivity contribution is -0.115. The molecule has 0 aliphatic carbocycles. The number of benzene rings is 2. The molecule has 2 aliphatic rings. The van der Waals surface area contributed by atoms with Gasteiger partial charge in [-0.25, -0.2) is 0 Å². The monoisotopic (exact) mass is 383 g/mol. The minimum Gasteiger partial charge on any atom is -0.456 e. The summed E-state index contributed by atoms with van der Waals surface area (Å²) >= 11 is 8.12. The van der Waals surface area contributed by atoms with Crippen molar-refractivity contribution in [3.05, 3.63) is 70.6 Å². The van der Waals surface area contributed by atoms with Crippen molar-refractivity contribution in [3.63, 3.8) is 0 Å². The molecule has 0 atom stereocenters. The molecular weight excluding hydrogens is 370 g/mol. The molecule has 4 rings (SSSR count). The van der Waals surface area contributed by atoms with Gasteiger partial charge in [-0.2, -0.15) is 0 Å². The maximum Gasteiger partial charge on any atom is 0.264 e. The van der Waals surface area contributed by atoms with Crippen LogP contribution in [0.4, 0.5) is 0 Å². The molecular formula is C19H13NO2S3. The second-order valence-electron chi connectivity index (χ2n) is 5.42. The van der Waals surface area contributed by atoms with Crippen molar-refractivity contribution in [1.82, 2.24) is 5.32 Å². The van der Waals surface area contributed by atoms with Crippen molar-refractivity contribution in [3.8, 4) is 5.75 Å². The highest BCUT2D eigenvalue weighted by Gasteiger charge is 2.29. The summed E-state index contributed by atoms with van der Waals surface area (Å²) in [7, 11) is 0. The van der Waals surface area contributed by atoms with Crippen LogP contribution in [-0.2, 0) is 4.79 Å². The summed E-state index contributed by atoms with van der Waals surface area (Å²) in [6, 6.07) is 15.9. The molecule has 0 bridgehead atoms. The van der Waals surface area contributed by atoms with Crippen LogP contribution >= 0.6 is 35.7 Å². The number of allylic oxidation sites excluding steroid dienone is 2. The first-order valence-corrected chi connectivity index (χ1v) is 10.0. The van der Waals surface area contributed by atoms with Gasteiger partial charge in [-0.15, -0.1) is 11.8 Å².